The molecule has 0 aromatic heterocycles. The molecular weight excluding hydrogens is 374 g/mol. The van der Waals surface area contributed by atoms with Gasteiger partial charge in [0.25, 0.3) is 0 Å². The number of nitrogens with one attached hydrogen (secondary N) is 2. The van der Waals surface area contributed by atoms with Gasteiger partial charge in [-0.3, -0.25) is 4.99 Å². The van der Waals surface area contributed by atoms with Gasteiger partial charge in [-0.1, -0.05) is 18.5 Å². The lowest BCUT2D eigenvalue weighted by Crippen LogP contribution is -2.42. The van der Waals surface area contributed by atoms with Crippen molar-refractivity contribution < 1.29 is 13.5 Å². The number of rotatable bonds is 8. The van der Waals surface area contributed by atoms with E-state index in [1.807, 2.05) is 0 Å². The smallest absolute Gasteiger partial charge is 0.387 e. The Hall–Kier alpha value is -1.60. The molecule has 27 heavy (non-hydrogen) atoms. The number of alkyl halides is 2. The highest BCUT2D eigenvalue weighted by molar-refractivity contribution is 6.30. The third-order valence-corrected chi connectivity index (χ3v) is 4.95. The van der Waals surface area contributed by atoms with Crippen molar-refractivity contribution in [3.63, 3.8) is 0 Å². The summed E-state index contributed by atoms with van der Waals surface area (Å²) in [6.45, 7) is 3.92. The number of hydrogen-bond acceptors (Lipinski definition) is 3. The van der Waals surface area contributed by atoms with Crippen LogP contribution in [0.1, 0.15) is 31.7 Å². The van der Waals surface area contributed by atoms with Crippen LogP contribution in [0.2, 0.25) is 5.02 Å². The van der Waals surface area contributed by atoms with Crippen molar-refractivity contribution in [3.05, 3.63) is 28.8 Å². The second-order valence-corrected chi connectivity index (χ2v) is 7.16. The third-order valence-electron chi connectivity index (χ3n) is 4.71. The molecule has 1 aromatic carbocycles. The van der Waals surface area contributed by atoms with E-state index in [0.717, 1.165) is 19.6 Å². The number of benzene rings is 1. The van der Waals surface area contributed by atoms with Gasteiger partial charge in [0.1, 0.15) is 5.75 Å². The summed E-state index contributed by atoms with van der Waals surface area (Å²) in [5.74, 6) is 1.36. The Morgan fingerprint density at radius 1 is 1.33 bits per heavy atom. The van der Waals surface area contributed by atoms with Crippen LogP contribution in [0, 0.1) is 5.92 Å². The molecule has 2 rings (SSSR count). The average Bonchev–Trinajstić information content (AvgIpc) is 2.65. The molecule has 1 fully saturated rings. The van der Waals surface area contributed by atoms with E-state index in [2.05, 4.69) is 32.2 Å². The fourth-order valence-electron chi connectivity index (χ4n) is 3.27. The minimum atomic E-state index is -2.87. The Morgan fingerprint density at radius 3 is 2.70 bits per heavy atom. The van der Waals surface area contributed by atoms with Crippen molar-refractivity contribution in [2.24, 2.45) is 10.9 Å². The van der Waals surface area contributed by atoms with E-state index < -0.39 is 6.61 Å². The molecule has 8 heteroatoms. The third kappa shape index (κ3) is 7.50. The molecule has 0 unspecified atom stereocenters. The maximum Gasteiger partial charge on any atom is 0.387 e. The summed E-state index contributed by atoms with van der Waals surface area (Å²) in [5, 5.41) is 6.94. The van der Waals surface area contributed by atoms with Crippen LogP contribution in [-0.4, -0.2) is 50.7 Å². The monoisotopic (exact) mass is 402 g/mol. The Kier molecular flexibility index (Phi) is 9.07. The summed E-state index contributed by atoms with van der Waals surface area (Å²) in [5.41, 5.74) is 0.554. The molecule has 2 N–H and O–H groups in total. The highest BCUT2D eigenvalue weighted by atomic mass is 35.5. The van der Waals surface area contributed by atoms with Crippen LogP contribution in [0.5, 0.6) is 5.75 Å². The van der Waals surface area contributed by atoms with Gasteiger partial charge in [0.2, 0.25) is 0 Å². The zero-order chi connectivity index (χ0) is 19.6. The quantitative estimate of drug-likeness (QED) is 0.514. The SMILES string of the molecule is CCCN1CCC(CNC(=NC)NCc2cc(Cl)ccc2OC(F)F)CC1. The summed E-state index contributed by atoms with van der Waals surface area (Å²) in [6.07, 6.45) is 3.54. The molecule has 0 amide bonds. The van der Waals surface area contributed by atoms with Gasteiger partial charge in [-0.05, 0) is 63.0 Å². The zero-order valence-corrected chi connectivity index (χ0v) is 16.7. The summed E-state index contributed by atoms with van der Waals surface area (Å²) in [6, 6.07) is 4.59. The van der Waals surface area contributed by atoms with Gasteiger partial charge in [-0.25, -0.2) is 0 Å². The fraction of sp³-hybridized carbons (Fsp3) is 0.632. The zero-order valence-electron chi connectivity index (χ0n) is 16.0. The van der Waals surface area contributed by atoms with E-state index in [9.17, 15) is 8.78 Å². The summed E-state index contributed by atoms with van der Waals surface area (Å²) in [4.78, 5) is 6.71. The Bertz CT molecular complexity index is 607. The van der Waals surface area contributed by atoms with Crippen molar-refractivity contribution >= 4 is 17.6 Å². The van der Waals surface area contributed by atoms with Crippen LogP contribution in [0.4, 0.5) is 8.78 Å². The van der Waals surface area contributed by atoms with Gasteiger partial charge in [-0.15, -0.1) is 0 Å². The van der Waals surface area contributed by atoms with E-state index in [-0.39, 0.29) is 12.3 Å². The first-order valence-corrected chi connectivity index (χ1v) is 9.79. The van der Waals surface area contributed by atoms with Gasteiger partial charge in [-0.2, -0.15) is 8.78 Å². The van der Waals surface area contributed by atoms with Crippen LogP contribution in [-0.2, 0) is 6.54 Å². The van der Waals surface area contributed by atoms with Gasteiger partial charge in [0, 0.05) is 30.7 Å². The number of nitrogens with zero attached hydrogens (tertiary/aromatic N) is 2. The molecule has 5 nitrogen and oxygen atoms in total. The van der Waals surface area contributed by atoms with E-state index in [4.69, 9.17) is 11.6 Å². The van der Waals surface area contributed by atoms with E-state index in [0.29, 0.717) is 22.5 Å². The largest absolute Gasteiger partial charge is 0.434 e. The first-order valence-electron chi connectivity index (χ1n) is 9.42. The summed E-state index contributed by atoms with van der Waals surface area (Å²) < 4.78 is 29.7. The minimum absolute atomic E-state index is 0.112. The number of hydrogen-bond donors (Lipinski definition) is 2. The van der Waals surface area contributed by atoms with E-state index in [1.165, 1.54) is 37.9 Å². The molecule has 1 aliphatic heterocycles. The average molecular weight is 403 g/mol. The molecule has 1 aliphatic rings. The molecule has 0 aliphatic carbocycles. The Balaban J connectivity index is 1.82. The Labute approximate surface area is 165 Å². The lowest BCUT2D eigenvalue weighted by Gasteiger charge is -2.32. The highest BCUT2D eigenvalue weighted by Gasteiger charge is 2.18. The van der Waals surface area contributed by atoms with Gasteiger partial charge >= 0.3 is 6.61 Å². The van der Waals surface area contributed by atoms with E-state index >= 15 is 0 Å². The number of likely N-dealkylation sites (tertiary alicyclic amines) is 1. The molecule has 1 aromatic rings. The maximum atomic E-state index is 12.6. The fourth-order valence-corrected chi connectivity index (χ4v) is 3.46. The second kappa shape index (κ2) is 11.3. The molecule has 0 radical (unpaired) electrons. The van der Waals surface area contributed by atoms with Crippen LogP contribution in [0.3, 0.4) is 0 Å². The lowest BCUT2D eigenvalue weighted by molar-refractivity contribution is -0.0504. The van der Waals surface area contributed by atoms with Crippen molar-refractivity contribution in [2.75, 3.05) is 33.2 Å². The molecule has 1 saturated heterocycles. The minimum Gasteiger partial charge on any atom is -0.434 e. The standard InChI is InChI=1S/C19H29ClF2N4O/c1-3-8-26-9-6-14(7-10-26)12-24-19(23-2)25-13-15-11-16(20)4-5-17(15)27-18(21)22/h4-5,11,14,18H,3,6-10,12-13H2,1-2H3,(H2,23,24,25). The van der Waals surface area contributed by atoms with Crippen LogP contribution >= 0.6 is 11.6 Å². The van der Waals surface area contributed by atoms with Crippen LogP contribution in [0.25, 0.3) is 0 Å². The number of guanidine groups is 1. The molecule has 0 spiro atoms. The molecule has 0 atom stereocenters. The number of halogens is 3. The van der Waals surface area contributed by atoms with E-state index in [1.54, 1.807) is 13.1 Å². The van der Waals surface area contributed by atoms with Crippen molar-refractivity contribution in [2.45, 2.75) is 39.3 Å². The van der Waals surface area contributed by atoms with Gasteiger partial charge in [0.05, 0.1) is 0 Å². The molecular formula is C19H29ClF2N4O. The predicted molar refractivity (Wildman–Crippen MR) is 106 cm³/mol. The summed E-state index contributed by atoms with van der Waals surface area (Å²) in [7, 11) is 1.69. The number of ether oxygens (including phenoxy) is 1. The van der Waals surface area contributed by atoms with Crippen molar-refractivity contribution in [3.8, 4) is 5.75 Å². The van der Waals surface area contributed by atoms with Crippen molar-refractivity contribution in [1.82, 2.24) is 15.5 Å². The number of piperidine rings is 1. The van der Waals surface area contributed by atoms with Crippen LogP contribution in [0.15, 0.2) is 23.2 Å². The highest BCUT2D eigenvalue weighted by Crippen LogP contribution is 2.24. The van der Waals surface area contributed by atoms with Gasteiger partial charge in [0.15, 0.2) is 5.96 Å². The molecule has 1 heterocycles. The second-order valence-electron chi connectivity index (χ2n) is 6.72. The Morgan fingerprint density at radius 2 is 2.07 bits per heavy atom. The first kappa shape index (κ1) is 21.7. The van der Waals surface area contributed by atoms with Gasteiger partial charge < -0.3 is 20.3 Å². The first-order chi connectivity index (χ1) is 13.0. The van der Waals surface area contributed by atoms with Crippen molar-refractivity contribution in [1.29, 1.82) is 0 Å². The normalized spacial score (nSPS) is 16.6. The number of aliphatic imine (C=N–C) groups is 1. The predicted octanol–water partition coefficient (Wildman–Crippen LogP) is 3.73. The topological polar surface area (TPSA) is 48.9 Å². The molecule has 152 valence electrons. The van der Waals surface area contributed by atoms with Crippen LogP contribution < -0.4 is 15.4 Å². The maximum absolute atomic E-state index is 12.6. The molecule has 0 saturated carbocycles. The molecule has 0 bridgehead atoms. The lowest BCUT2D eigenvalue weighted by atomic mass is 9.97. The summed E-state index contributed by atoms with van der Waals surface area (Å²) >= 11 is 5.98.